The van der Waals surface area contributed by atoms with Crippen molar-refractivity contribution in [2.45, 2.75) is 58.3 Å². The summed E-state index contributed by atoms with van der Waals surface area (Å²) in [7, 11) is 0. The van der Waals surface area contributed by atoms with Crippen LogP contribution in [0.3, 0.4) is 0 Å². The molecule has 3 N–H and O–H groups in total. The van der Waals surface area contributed by atoms with Gasteiger partial charge in [0.15, 0.2) is 0 Å². The van der Waals surface area contributed by atoms with Crippen LogP contribution in [0, 0.1) is 5.92 Å². The lowest BCUT2D eigenvalue weighted by Crippen LogP contribution is -2.72. The molecule has 0 aromatic rings. The fourth-order valence-corrected chi connectivity index (χ4v) is 2.27. The molecule has 1 saturated heterocycles. The van der Waals surface area contributed by atoms with Gasteiger partial charge in [-0.3, -0.25) is 4.79 Å². The first-order chi connectivity index (χ1) is 9.94. The topological polar surface area (TPSA) is 99.1 Å². The zero-order valence-corrected chi connectivity index (χ0v) is 14.0. The van der Waals surface area contributed by atoms with E-state index in [0.717, 1.165) is 0 Å². The standard InChI is InChI=1S/C15H28N2O5/c1-10(2)11(18)7-16-15(6-12(19)20)8-17(9-15)13(21)22-14(3,4)5/h10-11,16,18H,6-9H2,1-5H3,(H,19,20). The molecule has 22 heavy (non-hydrogen) atoms. The van der Waals surface area contributed by atoms with Crippen molar-refractivity contribution in [1.82, 2.24) is 10.2 Å². The predicted octanol–water partition coefficient (Wildman–Crippen LogP) is 1.06. The number of carboxylic acid groups (broad SMARTS) is 1. The molecule has 1 unspecified atom stereocenters. The van der Waals surface area contributed by atoms with Gasteiger partial charge in [-0.25, -0.2) is 4.79 Å². The Hall–Kier alpha value is -1.34. The van der Waals surface area contributed by atoms with E-state index < -0.39 is 29.3 Å². The van der Waals surface area contributed by atoms with Crippen molar-refractivity contribution < 1.29 is 24.5 Å². The Morgan fingerprint density at radius 3 is 2.27 bits per heavy atom. The Labute approximate surface area is 131 Å². The lowest BCUT2D eigenvalue weighted by Gasteiger charge is -2.50. The van der Waals surface area contributed by atoms with Crippen LogP contribution in [0.1, 0.15) is 41.0 Å². The van der Waals surface area contributed by atoms with Crippen LogP contribution in [0.4, 0.5) is 4.79 Å². The summed E-state index contributed by atoms with van der Waals surface area (Å²) in [5, 5.41) is 22.0. The molecule has 0 bridgehead atoms. The molecular formula is C15H28N2O5. The SMILES string of the molecule is CC(C)C(O)CNC1(CC(=O)O)CN(C(=O)OC(C)(C)C)C1. The quantitative estimate of drug-likeness (QED) is 0.677. The summed E-state index contributed by atoms with van der Waals surface area (Å²) >= 11 is 0. The molecule has 1 amide bonds. The third kappa shape index (κ3) is 5.46. The van der Waals surface area contributed by atoms with E-state index in [4.69, 9.17) is 9.84 Å². The highest BCUT2D eigenvalue weighted by Gasteiger charge is 2.47. The second-order valence-corrected chi connectivity index (χ2v) is 7.38. The summed E-state index contributed by atoms with van der Waals surface area (Å²) in [4.78, 5) is 24.5. The van der Waals surface area contributed by atoms with Crippen LogP contribution in [-0.2, 0) is 9.53 Å². The molecule has 0 aliphatic carbocycles. The number of aliphatic carboxylic acids is 1. The molecule has 1 fully saturated rings. The first kappa shape index (κ1) is 18.7. The van der Waals surface area contributed by atoms with Crippen molar-refractivity contribution in [1.29, 1.82) is 0 Å². The Bertz CT molecular complexity index is 411. The van der Waals surface area contributed by atoms with Gasteiger partial charge in [0.2, 0.25) is 0 Å². The number of carbonyl (C=O) groups is 2. The van der Waals surface area contributed by atoms with E-state index in [-0.39, 0.29) is 25.4 Å². The van der Waals surface area contributed by atoms with E-state index in [1.54, 1.807) is 20.8 Å². The normalized spacial score (nSPS) is 18.8. The van der Waals surface area contributed by atoms with Crippen LogP contribution in [0.25, 0.3) is 0 Å². The van der Waals surface area contributed by atoms with Gasteiger partial charge in [0.1, 0.15) is 5.60 Å². The van der Waals surface area contributed by atoms with Gasteiger partial charge in [-0.05, 0) is 26.7 Å². The third-order valence-electron chi connectivity index (χ3n) is 3.58. The number of aliphatic hydroxyl groups excluding tert-OH is 1. The fraction of sp³-hybridized carbons (Fsp3) is 0.867. The van der Waals surface area contributed by atoms with Gasteiger partial charge >= 0.3 is 12.1 Å². The predicted molar refractivity (Wildman–Crippen MR) is 81.6 cm³/mol. The van der Waals surface area contributed by atoms with Crippen molar-refractivity contribution in [3.05, 3.63) is 0 Å². The molecule has 0 aromatic heterocycles. The van der Waals surface area contributed by atoms with E-state index >= 15 is 0 Å². The van der Waals surface area contributed by atoms with Gasteiger partial charge in [-0.1, -0.05) is 13.8 Å². The van der Waals surface area contributed by atoms with E-state index in [1.807, 2.05) is 13.8 Å². The Morgan fingerprint density at radius 2 is 1.86 bits per heavy atom. The van der Waals surface area contributed by atoms with E-state index in [0.29, 0.717) is 6.54 Å². The highest BCUT2D eigenvalue weighted by molar-refractivity contribution is 5.73. The number of nitrogens with one attached hydrogen (secondary N) is 1. The maximum atomic E-state index is 11.9. The molecule has 1 aliphatic heterocycles. The number of hydrogen-bond donors (Lipinski definition) is 3. The summed E-state index contributed by atoms with van der Waals surface area (Å²) < 4.78 is 5.27. The number of rotatable bonds is 6. The lowest BCUT2D eigenvalue weighted by molar-refractivity contribution is -0.141. The second-order valence-electron chi connectivity index (χ2n) is 7.38. The number of amides is 1. The zero-order valence-electron chi connectivity index (χ0n) is 14.0. The number of nitrogens with zero attached hydrogens (tertiary/aromatic N) is 1. The fourth-order valence-electron chi connectivity index (χ4n) is 2.27. The van der Waals surface area contributed by atoms with Crippen molar-refractivity contribution in [3.8, 4) is 0 Å². The molecule has 7 heteroatoms. The molecule has 0 saturated carbocycles. The monoisotopic (exact) mass is 316 g/mol. The molecule has 0 aromatic carbocycles. The van der Waals surface area contributed by atoms with E-state index in [1.165, 1.54) is 4.90 Å². The van der Waals surface area contributed by atoms with E-state index in [9.17, 15) is 14.7 Å². The highest BCUT2D eigenvalue weighted by atomic mass is 16.6. The molecule has 7 nitrogen and oxygen atoms in total. The van der Waals surface area contributed by atoms with Gasteiger partial charge in [0.05, 0.1) is 18.1 Å². The maximum absolute atomic E-state index is 11.9. The zero-order chi connectivity index (χ0) is 17.1. The Morgan fingerprint density at radius 1 is 1.32 bits per heavy atom. The van der Waals surface area contributed by atoms with Crippen molar-refractivity contribution >= 4 is 12.1 Å². The van der Waals surface area contributed by atoms with Crippen molar-refractivity contribution in [2.24, 2.45) is 5.92 Å². The maximum Gasteiger partial charge on any atom is 0.410 e. The minimum Gasteiger partial charge on any atom is -0.481 e. The molecule has 0 radical (unpaired) electrons. The van der Waals surface area contributed by atoms with Gasteiger partial charge in [-0.15, -0.1) is 0 Å². The minimum atomic E-state index is -0.935. The summed E-state index contributed by atoms with van der Waals surface area (Å²) in [6.07, 6.45) is -1.10. The number of hydrogen-bond acceptors (Lipinski definition) is 5. The number of ether oxygens (including phenoxy) is 1. The molecule has 1 atom stereocenters. The largest absolute Gasteiger partial charge is 0.481 e. The molecule has 128 valence electrons. The third-order valence-corrected chi connectivity index (χ3v) is 3.58. The van der Waals surface area contributed by atoms with Crippen LogP contribution < -0.4 is 5.32 Å². The van der Waals surface area contributed by atoms with Gasteiger partial charge < -0.3 is 25.2 Å². The first-order valence-electron chi connectivity index (χ1n) is 7.57. The van der Waals surface area contributed by atoms with Crippen LogP contribution in [0.2, 0.25) is 0 Å². The average molecular weight is 316 g/mol. The number of carboxylic acids is 1. The van der Waals surface area contributed by atoms with Crippen LogP contribution in [0.15, 0.2) is 0 Å². The number of likely N-dealkylation sites (tertiary alicyclic amines) is 1. The molecule has 0 spiro atoms. The van der Waals surface area contributed by atoms with Crippen molar-refractivity contribution in [2.75, 3.05) is 19.6 Å². The minimum absolute atomic E-state index is 0.0800. The average Bonchev–Trinajstić information content (AvgIpc) is 2.27. The first-order valence-corrected chi connectivity index (χ1v) is 7.57. The Kier molecular flexibility index (Phi) is 5.81. The molecule has 1 rings (SSSR count). The summed E-state index contributed by atoms with van der Waals surface area (Å²) in [5.74, 6) is -0.855. The van der Waals surface area contributed by atoms with Crippen LogP contribution >= 0.6 is 0 Å². The lowest BCUT2D eigenvalue weighted by atomic mass is 9.86. The summed E-state index contributed by atoms with van der Waals surface area (Å²) in [5.41, 5.74) is -1.28. The molecular weight excluding hydrogens is 288 g/mol. The molecule has 1 heterocycles. The second kappa shape index (κ2) is 6.83. The molecule has 1 aliphatic rings. The van der Waals surface area contributed by atoms with Gasteiger partial charge in [-0.2, -0.15) is 0 Å². The van der Waals surface area contributed by atoms with Gasteiger partial charge in [0.25, 0.3) is 0 Å². The highest BCUT2D eigenvalue weighted by Crippen LogP contribution is 2.27. The van der Waals surface area contributed by atoms with Crippen molar-refractivity contribution in [3.63, 3.8) is 0 Å². The summed E-state index contributed by atoms with van der Waals surface area (Å²) in [6, 6.07) is 0. The van der Waals surface area contributed by atoms with E-state index in [2.05, 4.69) is 5.32 Å². The number of β-amino-alcohol motifs (C(OH)–C–C–N with tert-alkyl or cyclic N) is 1. The number of carbonyl (C=O) groups excluding carboxylic acids is 1. The van der Waals surface area contributed by atoms with Gasteiger partial charge in [0, 0.05) is 19.6 Å². The van der Waals surface area contributed by atoms with Crippen LogP contribution in [0.5, 0.6) is 0 Å². The van der Waals surface area contributed by atoms with Crippen LogP contribution in [-0.4, -0.2) is 64.1 Å². The smallest absolute Gasteiger partial charge is 0.410 e. The number of aliphatic hydroxyl groups is 1. The summed E-state index contributed by atoms with van der Waals surface area (Å²) in [6.45, 7) is 9.96. The Balaban J connectivity index is 2.59.